The van der Waals surface area contributed by atoms with E-state index in [0.29, 0.717) is 11.1 Å². The number of hydrogen-bond donors (Lipinski definition) is 1. The highest BCUT2D eigenvalue weighted by Gasteiger charge is 2.25. The molecule has 0 saturated carbocycles. The number of benzene rings is 1. The molecule has 0 amide bonds. The van der Waals surface area contributed by atoms with Gasteiger partial charge in [0.05, 0.1) is 23.7 Å². The van der Waals surface area contributed by atoms with Gasteiger partial charge in [-0.15, -0.1) is 0 Å². The molecule has 10 nitrogen and oxygen atoms in total. The molecular formula is C23H21N5O5S. The summed E-state index contributed by atoms with van der Waals surface area (Å²) < 4.78 is 100. The van der Waals surface area contributed by atoms with Gasteiger partial charge in [0.1, 0.15) is 0 Å². The number of aromatic nitrogens is 4. The first-order valence-corrected chi connectivity index (χ1v) is 11.0. The molecular weight excluding hydrogens is 458 g/mol. The van der Waals surface area contributed by atoms with Gasteiger partial charge in [0.25, 0.3) is 15.9 Å². The van der Waals surface area contributed by atoms with Crippen molar-refractivity contribution in [3.63, 3.8) is 0 Å². The molecule has 3 aromatic heterocycles. The third kappa shape index (κ3) is 4.89. The predicted molar refractivity (Wildman–Crippen MR) is 125 cm³/mol. The van der Waals surface area contributed by atoms with Gasteiger partial charge < -0.3 is 14.2 Å². The Kier molecular flexibility index (Phi) is 4.44. The van der Waals surface area contributed by atoms with Gasteiger partial charge in [0, 0.05) is 24.2 Å². The highest BCUT2D eigenvalue weighted by Crippen LogP contribution is 2.41. The molecule has 174 valence electrons. The number of aryl methyl sites for hydroxylation is 1. The fourth-order valence-corrected chi connectivity index (χ4v) is 3.63. The largest absolute Gasteiger partial charge is 0.493 e. The van der Waals surface area contributed by atoms with E-state index in [9.17, 15) is 8.42 Å². The molecule has 0 atom stereocenters. The summed E-state index contributed by atoms with van der Waals surface area (Å²) in [5, 5.41) is -0.407. The van der Waals surface area contributed by atoms with Crippen molar-refractivity contribution in [3.8, 4) is 34.5 Å². The zero-order valence-electron chi connectivity index (χ0n) is 24.8. The Morgan fingerprint density at radius 3 is 2.47 bits per heavy atom. The van der Waals surface area contributed by atoms with Crippen LogP contribution in [0.3, 0.4) is 0 Å². The summed E-state index contributed by atoms with van der Waals surface area (Å²) in [5.74, 6) is -3.36. The van der Waals surface area contributed by atoms with E-state index in [0.717, 1.165) is 7.11 Å². The standard InChI is InChI=1S/C23H21N5O5S/c1-15-8-9-19(25-14-15)34(29,30)28-22-20(33-18-7-5-4-6-17(18)31-2)23(32-3)27-21(26-22)16-10-12-24-13-11-16/h4-14H,1-3H3,(H,26,27,28)/i3D3,4D,5D,6D,7D. The Bertz CT molecular complexity index is 1710. The van der Waals surface area contributed by atoms with Crippen molar-refractivity contribution in [3.05, 3.63) is 72.6 Å². The lowest BCUT2D eigenvalue weighted by Gasteiger charge is -2.17. The monoisotopic (exact) mass is 486 g/mol. The van der Waals surface area contributed by atoms with Crippen LogP contribution in [0.25, 0.3) is 11.4 Å². The number of para-hydroxylation sites is 2. The van der Waals surface area contributed by atoms with Crippen LogP contribution in [0.1, 0.15) is 15.2 Å². The van der Waals surface area contributed by atoms with Crippen LogP contribution in [0, 0.1) is 6.92 Å². The molecule has 0 bridgehead atoms. The Hall–Kier alpha value is -4.25. The zero-order valence-corrected chi connectivity index (χ0v) is 18.6. The van der Waals surface area contributed by atoms with Gasteiger partial charge in [0.15, 0.2) is 28.2 Å². The van der Waals surface area contributed by atoms with Crippen molar-refractivity contribution in [2.75, 3.05) is 18.9 Å². The van der Waals surface area contributed by atoms with Gasteiger partial charge in [-0.05, 0) is 42.8 Å². The maximum atomic E-state index is 13.3. The number of methoxy groups -OCH3 is 2. The number of nitrogens with zero attached hydrogens (tertiary/aromatic N) is 4. The van der Waals surface area contributed by atoms with Crippen molar-refractivity contribution >= 4 is 15.8 Å². The van der Waals surface area contributed by atoms with Crippen molar-refractivity contribution in [2.24, 2.45) is 0 Å². The molecule has 0 aliphatic rings. The summed E-state index contributed by atoms with van der Waals surface area (Å²) in [6.07, 6.45) is 4.13. The highest BCUT2D eigenvalue weighted by molar-refractivity contribution is 7.92. The van der Waals surface area contributed by atoms with E-state index in [2.05, 4.69) is 24.7 Å². The van der Waals surface area contributed by atoms with E-state index in [-0.39, 0.29) is 5.82 Å². The quantitative estimate of drug-likeness (QED) is 0.395. The molecule has 4 rings (SSSR count). The molecule has 0 saturated heterocycles. The number of hydrogen-bond acceptors (Lipinski definition) is 9. The van der Waals surface area contributed by atoms with E-state index in [1.807, 2.05) is 0 Å². The Morgan fingerprint density at radius 1 is 1.03 bits per heavy atom. The number of rotatable bonds is 8. The van der Waals surface area contributed by atoms with Crippen molar-refractivity contribution in [2.45, 2.75) is 11.9 Å². The van der Waals surface area contributed by atoms with Crippen LogP contribution in [0.2, 0.25) is 0 Å². The number of anilines is 1. The molecule has 1 N–H and O–H groups in total. The lowest BCUT2D eigenvalue weighted by Crippen LogP contribution is -2.17. The van der Waals surface area contributed by atoms with Gasteiger partial charge in [-0.25, -0.2) is 9.97 Å². The molecule has 0 unspecified atom stereocenters. The van der Waals surface area contributed by atoms with Crippen molar-refractivity contribution in [1.29, 1.82) is 0 Å². The smallest absolute Gasteiger partial charge is 0.280 e. The maximum Gasteiger partial charge on any atom is 0.280 e. The van der Waals surface area contributed by atoms with Gasteiger partial charge in [-0.1, -0.05) is 18.2 Å². The molecule has 0 aliphatic carbocycles. The second-order valence-corrected chi connectivity index (χ2v) is 8.24. The Morgan fingerprint density at radius 2 is 1.79 bits per heavy atom. The zero-order chi connectivity index (χ0) is 30.1. The Balaban J connectivity index is 2.00. The van der Waals surface area contributed by atoms with Gasteiger partial charge in [0.2, 0.25) is 5.75 Å². The van der Waals surface area contributed by atoms with Crippen LogP contribution < -0.4 is 18.9 Å². The summed E-state index contributed by atoms with van der Waals surface area (Å²) in [6, 6.07) is 3.04. The first-order chi connectivity index (χ1) is 19.2. The van der Waals surface area contributed by atoms with Crippen molar-refractivity contribution in [1.82, 2.24) is 19.9 Å². The summed E-state index contributed by atoms with van der Waals surface area (Å²) >= 11 is 0. The van der Waals surface area contributed by atoms with Crippen LogP contribution >= 0.6 is 0 Å². The van der Waals surface area contributed by atoms with Crippen LogP contribution in [0.5, 0.6) is 23.1 Å². The lowest BCUT2D eigenvalue weighted by atomic mass is 10.2. The van der Waals surface area contributed by atoms with Crippen LogP contribution in [0.15, 0.2) is 72.1 Å². The summed E-state index contributed by atoms with van der Waals surface area (Å²) in [6.45, 7) is 1.71. The SMILES string of the molecule is [2H]c1c([2H])c([2H])c(Oc2c(NS(=O)(=O)c3ccc(C)cn3)nc(-c3ccncc3)nc2OC([2H])([2H])[2H])c(OC)c1[2H]. The maximum absolute atomic E-state index is 13.3. The van der Waals surface area contributed by atoms with Crippen LogP contribution in [0.4, 0.5) is 5.82 Å². The second-order valence-electron chi connectivity index (χ2n) is 6.61. The average molecular weight is 487 g/mol. The Labute approximate surface area is 206 Å². The normalized spacial score (nSPS) is 14.4. The lowest BCUT2D eigenvalue weighted by molar-refractivity contribution is 0.348. The number of ether oxygens (including phenoxy) is 3. The summed E-state index contributed by atoms with van der Waals surface area (Å²) in [7, 11) is -6.47. The summed E-state index contributed by atoms with van der Waals surface area (Å²) in [5.41, 5.74) is 0.990. The minimum Gasteiger partial charge on any atom is -0.493 e. The first-order valence-electron chi connectivity index (χ1n) is 13.0. The highest BCUT2D eigenvalue weighted by atomic mass is 32.2. The minimum atomic E-state index is -4.48. The molecule has 4 aromatic rings. The third-order valence-corrected chi connectivity index (χ3v) is 5.54. The predicted octanol–water partition coefficient (Wildman–Crippen LogP) is 3.85. The van der Waals surface area contributed by atoms with Crippen molar-refractivity contribution < 1.29 is 32.2 Å². The topological polar surface area (TPSA) is 125 Å². The van der Waals surface area contributed by atoms with E-state index in [4.69, 9.17) is 23.8 Å². The molecule has 3 heterocycles. The number of nitrogens with one attached hydrogen (secondary N) is 1. The molecule has 11 heteroatoms. The van der Waals surface area contributed by atoms with Gasteiger partial charge >= 0.3 is 0 Å². The number of sulfonamides is 1. The van der Waals surface area contributed by atoms with Crippen LogP contribution in [-0.4, -0.2) is 42.5 Å². The molecule has 34 heavy (non-hydrogen) atoms. The minimum absolute atomic E-state index is 0.185. The first kappa shape index (κ1) is 15.6. The summed E-state index contributed by atoms with van der Waals surface area (Å²) in [4.78, 5) is 16.2. The average Bonchev–Trinajstić information content (AvgIpc) is 2.91. The van der Waals surface area contributed by atoms with Gasteiger partial charge in [-0.3, -0.25) is 9.71 Å². The van der Waals surface area contributed by atoms with E-state index in [1.165, 1.54) is 42.9 Å². The fourth-order valence-electron chi connectivity index (χ4n) is 2.69. The van der Waals surface area contributed by atoms with E-state index in [1.54, 1.807) is 6.92 Å². The van der Waals surface area contributed by atoms with E-state index >= 15 is 0 Å². The molecule has 1 aromatic carbocycles. The third-order valence-electron chi connectivity index (χ3n) is 4.29. The number of pyridine rings is 2. The molecule has 0 aliphatic heterocycles. The van der Waals surface area contributed by atoms with Crippen LogP contribution in [-0.2, 0) is 10.0 Å². The molecule has 0 spiro atoms. The fraction of sp³-hybridized carbons (Fsp3) is 0.130. The molecule has 0 fully saturated rings. The van der Waals surface area contributed by atoms with E-state index < -0.39 is 75.2 Å². The second kappa shape index (κ2) is 9.71. The van der Waals surface area contributed by atoms with Gasteiger partial charge in [-0.2, -0.15) is 13.4 Å². The molecule has 0 radical (unpaired) electrons.